The molecule has 2 aromatic carbocycles. The Morgan fingerprint density at radius 3 is 2.31 bits per heavy atom. The number of nitrogens with one attached hydrogen (secondary N) is 2. The zero-order valence-corrected chi connectivity index (χ0v) is 30.4. The second-order valence-corrected chi connectivity index (χ2v) is 15.5. The Labute approximate surface area is 293 Å². The number of aliphatic hydroxyl groups excluding tert-OH is 1. The SMILES string of the molecule is COCc1nc(CN(C)C(=O)N[C@H](C(=O)N[C@@H](Cc2ccccc2)[C@H](O)CN(CC(C)C)S(=O)(=O)c2ccc(/C=N/O)cc2)C(C)C)cs1. The minimum atomic E-state index is -4.06. The molecule has 268 valence electrons. The smallest absolute Gasteiger partial charge is 0.318 e. The average molecular weight is 717 g/mol. The van der Waals surface area contributed by atoms with E-state index in [-0.39, 0.29) is 42.8 Å². The number of sulfonamides is 1. The molecule has 1 aromatic heterocycles. The number of hydrogen-bond acceptors (Lipinski definition) is 10. The number of aromatic nitrogens is 1. The Balaban J connectivity index is 1.82. The van der Waals surface area contributed by atoms with Crippen molar-refractivity contribution in [1.29, 1.82) is 0 Å². The lowest BCUT2D eigenvalue weighted by atomic mass is 9.98. The van der Waals surface area contributed by atoms with Gasteiger partial charge in [0.2, 0.25) is 15.9 Å². The van der Waals surface area contributed by atoms with Gasteiger partial charge in [0.05, 0.1) is 42.1 Å². The summed E-state index contributed by atoms with van der Waals surface area (Å²) in [5, 5.41) is 31.8. The summed E-state index contributed by atoms with van der Waals surface area (Å²) in [4.78, 5) is 32.9. The van der Waals surface area contributed by atoms with Gasteiger partial charge in [-0.25, -0.2) is 18.2 Å². The number of carbonyl (C=O) groups excluding carboxylic acids is 2. The van der Waals surface area contributed by atoms with Gasteiger partial charge in [-0.3, -0.25) is 4.79 Å². The molecule has 4 N–H and O–H groups in total. The number of amides is 3. The van der Waals surface area contributed by atoms with Crippen molar-refractivity contribution in [3.8, 4) is 0 Å². The largest absolute Gasteiger partial charge is 0.411 e. The maximum Gasteiger partial charge on any atom is 0.318 e. The number of hydrogen-bond donors (Lipinski definition) is 4. The molecule has 15 heteroatoms. The highest BCUT2D eigenvalue weighted by Crippen LogP contribution is 2.20. The number of nitrogens with zero attached hydrogens (tertiary/aromatic N) is 4. The van der Waals surface area contributed by atoms with Gasteiger partial charge in [-0.05, 0) is 41.5 Å². The first kappa shape index (κ1) is 39.5. The van der Waals surface area contributed by atoms with Gasteiger partial charge in [0.15, 0.2) is 0 Å². The van der Waals surface area contributed by atoms with Gasteiger partial charge in [0.1, 0.15) is 11.0 Å². The molecule has 0 saturated carbocycles. The minimum Gasteiger partial charge on any atom is -0.411 e. The lowest BCUT2D eigenvalue weighted by molar-refractivity contribution is -0.125. The van der Waals surface area contributed by atoms with Crippen molar-refractivity contribution in [2.75, 3.05) is 27.2 Å². The Morgan fingerprint density at radius 2 is 1.71 bits per heavy atom. The normalized spacial score (nSPS) is 13.9. The summed E-state index contributed by atoms with van der Waals surface area (Å²) < 4.78 is 33.9. The molecule has 49 heavy (non-hydrogen) atoms. The predicted octanol–water partition coefficient (Wildman–Crippen LogP) is 3.70. The molecule has 3 aromatic rings. The Hall–Kier alpha value is -3.89. The zero-order valence-electron chi connectivity index (χ0n) is 28.8. The van der Waals surface area contributed by atoms with Crippen LogP contribution in [-0.4, -0.2) is 96.5 Å². The number of aliphatic hydroxyl groups is 1. The van der Waals surface area contributed by atoms with Crippen LogP contribution in [0.4, 0.5) is 4.79 Å². The van der Waals surface area contributed by atoms with E-state index in [9.17, 15) is 23.1 Å². The second kappa shape index (κ2) is 18.8. The summed E-state index contributed by atoms with van der Waals surface area (Å²) in [6.45, 7) is 7.79. The fourth-order valence-corrected chi connectivity index (χ4v) is 7.46. The fourth-order valence-electron chi connectivity index (χ4n) is 5.08. The second-order valence-electron chi connectivity index (χ2n) is 12.6. The number of oxime groups is 1. The molecule has 0 radical (unpaired) electrons. The average Bonchev–Trinajstić information content (AvgIpc) is 3.50. The van der Waals surface area contributed by atoms with Gasteiger partial charge in [-0.1, -0.05) is 75.3 Å². The van der Waals surface area contributed by atoms with Gasteiger partial charge >= 0.3 is 6.03 Å². The molecule has 0 bridgehead atoms. The van der Waals surface area contributed by atoms with Crippen LogP contribution < -0.4 is 10.6 Å². The van der Waals surface area contributed by atoms with E-state index in [1.54, 1.807) is 28.0 Å². The highest BCUT2D eigenvalue weighted by Gasteiger charge is 2.34. The van der Waals surface area contributed by atoms with Crippen LogP contribution >= 0.6 is 11.3 Å². The van der Waals surface area contributed by atoms with Crippen LogP contribution in [0.15, 0.2) is 70.0 Å². The van der Waals surface area contributed by atoms with Crippen LogP contribution in [0.5, 0.6) is 0 Å². The van der Waals surface area contributed by atoms with E-state index in [4.69, 9.17) is 9.94 Å². The standard InChI is InChI=1S/C34H48N6O7S2/c1-23(2)18-40(49(45,46)28-14-12-26(13-15-28)17-35-44)20-30(41)29(16-25-10-8-7-9-11-25)37-33(42)32(24(3)4)38-34(43)39(5)19-27-22-48-31(36-27)21-47-6/h7-15,17,22-24,29-30,32,41,44H,16,18-21H2,1-6H3,(H,37,42)(H,38,43)/b35-17+/t29-,30+,32-/m0/s1. The minimum absolute atomic E-state index is 0.0124. The lowest BCUT2D eigenvalue weighted by Crippen LogP contribution is -2.58. The van der Waals surface area contributed by atoms with Crippen LogP contribution in [0.25, 0.3) is 0 Å². The van der Waals surface area contributed by atoms with Gasteiger partial charge in [0.25, 0.3) is 0 Å². The molecule has 3 rings (SSSR count). The summed E-state index contributed by atoms with van der Waals surface area (Å²) in [5.41, 5.74) is 2.04. The molecule has 0 aliphatic carbocycles. The fraction of sp³-hybridized carbons (Fsp3) is 0.471. The van der Waals surface area contributed by atoms with E-state index in [0.717, 1.165) is 10.6 Å². The first-order valence-corrected chi connectivity index (χ1v) is 18.3. The Kier molecular flexibility index (Phi) is 15.1. The summed E-state index contributed by atoms with van der Waals surface area (Å²) in [7, 11) is -0.865. The molecule has 13 nitrogen and oxygen atoms in total. The van der Waals surface area contributed by atoms with Crippen LogP contribution in [0.3, 0.4) is 0 Å². The van der Waals surface area contributed by atoms with Crippen LogP contribution in [-0.2, 0) is 39.1 Å². The maximum atomic E-state index is 13.8. The molecular formula is C34H48N6O7S2. The third-order valence-electron chi connectivity index (χ3n) is 7.62. The number of benzene rings is 2. The number of methoxy groups -OCH3 is 1. The number of thiazole rings is 1. The van der Waals surface area contributed by atoms with Crippen LogP contribution in [0.2, 0.25) is 0 Å². The van der Waals surface area contributed by atoms with Crippen molar-refractivity contribution < 1.29 is 33.1 Å². The van der Waals surface area contributed by atoms with Crippen molar-refractivity contribution in [3.05, 3.63) is 81.8 Å². The predicted molar refractivity (Wildman–Crippen MR) is 189 cm³/mol. The molecular weight excluding hydrogens is 669 g/mol. The van der Waals surface area contributed by atoms with Crippen molar-refractivity contribution in [2.45, 2.75) is 70.4 Å². The first-order valence-electron chi connectivity index (χ1n) is 16.0. The van der Waals surface area contributed by atoms with Crippen molar-refractivity contribution in [2.24, 2.45) is 17.0 Å². The highest BCUT2D eigenvalue weighted by molar-refractivity contribution is 7.89. The molecule has 0 spiro atoms. The molecule has 0 saturated heterocycles. The third-order valence-corrected chi connectivity index (χ3v) is 10.3. The molecule has 0 aliphatic rings. The zero-order chi connectivity index (χ0) is 36.1. The van der Waals surface area contributed by atoms with Gasteiger partial charge < -0.3 is 30.6 Å². The van der Waals surface area contributed by atoms with Crippen molar-refractivity contribution in [3.63, 3.8) is 0 Å². The number of rotatable bonds is 18. The quantitative estimate of drug-likeness (QED) is 0.0877. The Bertz CT molecular complexity index is 1620. The van der Waals surface area contributed by atoms with Gasteiger partial charge in [-0.15, -0.1) is 11.3 Å². The Morgan fingerprint density at radius 1 is 1.04 bits per heavy atom. The van der Waals surface area contributed by atoms with E-state index in [2.05, 4.69) is 20.8 Å². The summed E-state index contributed by atoms with van der Waals surface area (Å²) >= 11 is 1.43. The molecule has 3 amide bonds. The van der Waals surface area contributed by atoms with E-state index in [0.29, 0.717) is 17.9 Å². The van der Waals surface area contributed by atoms with E-state index < -0.39 is 40.1 Å². The van der Waals surface area contributed by atoms with E-state index in [1.165, 1.54) is 51.0 Å². The van der Waals surface area contributed by atoms with Crippen molar-refractivity contribution in [1.82, 2.24) is 24.8 Å². The molecule has 0 unspecified atom stereocenters. The molecule has 1 heterocycles. The number of ether oxygens (including phenoxy) is 1. The topological polar surface area (TPSA) is 174 Å². The first-order chi connectivity index (χ1) is 23.2. The van der Waals surface area contributed by atoms with Crippen LogP contribution in [0, 0.1) is 11.8 Å². The van der Waals surface area contributed by atoms with E-state index in [1.807, 2.05) is 49.6 Å². The number of carbonyl (C=O) groups is 2. The monoisotopic (exact) mass is 716 g/mol. The van der Waals surface area contributed by atoms with Gasteiger partial charge in [0, 0.05) is 32.6 Å². The summed E-state index contributed by atoms with van der Waals surface area (Å²) in [6.07, 6.45) is 0.0915. The van der Waals surface area contributed by atoms with E-state index >= 15 is 0 Å². The summed E-state index contributed by atoms with van der Waals surface area (Å²) in [5.74, 6) is -0.887. The summed E-state index contributed by atoms with van der Waals surface area (Å²) in [6, 6.07) is 12.8. The van der Waals surface area contributed by atoms with Gasteiger partial charge in [-0.2, -0.15) is 4.31 Å². The molecule has 3 atom stereocenters. The lowest BCUT2D eigenvalue weighted by Gasteiger charge is -2.32. The highest BCUT2D eigenvalue weighted by atomic mass is 32.2. The van der Waals surface area contributed by atoms with Crippen molar-refractivity contribution >= 4 is 39.5 Å². The number of urea groups is 1. The molecule has 0 aliphatic heterocycles. The molecule has 0 fully saturated rings. The maximum absolute atomic E-state index is 13.8. The third kappa shape index (κ3) is 11.9. The van der Waals surface area contributed by atoms with Crippen LogP contribution in [0.1, 0.15) is 49.5 Å².